The molecule has 0 atom stereocenters. The Morgan fingerprint density at radius 1 is 1.32 bits per heavy atom. The molecule has 5 nitrogen and oxygen atoms in total. The van der Waals surface area contributed by atoms with Gasteiger partial charge in [-0.2, -0.15) is 10.2 Å². The first-order valence-corrected chi connectivity index (χ1v) is 6.85. The molecule has 100 valence electrons. The lowest BCUT2D eigenvalue weighted by atomic mass is 9.87. The fraction of sp³-hybridized carbons (Fsp3) is 0.462. The molecule has 1 aliphatic rings. The lowest BCUT2D eigenvalue weighted by Crippen LogP contribution is -2.19. The molecule has 0 saturated heterocycles. The average molecular weight is 279 g/mol. The lowest BCUT2D eigenvalue weighted by Gasteiger charge is -2.25. The number of hydrogen-bond acceptors (Lipinski definition) is 3. The maximum atomic E-state index is 10.8. The highest BCUT2D eigenvalue weighted by Gasteiger charge is 2.23. The molecule has 6 heteroatoms. The second kappa shape index (κ2) is 5.17. The number of carbonyl (C=O) groups excluding carboxylic acids is 1. The zero-order valence-corrected chi connectivity index (χ0v) is 11.2. The van der Waals surface area contributed by atoms with Crippen molar-refractivity contribution in [1.29, 1.82) is 0 Å². The predicted molar refractivity (Wildman–Crippen MR) is 71.4 cm³/mol. The van der Waals surface area contributed by atoms with Crippen molar-refractivity contribution in [2.24, 2.45) is 5.92 Å². The minimum Gasteiger partial charge on any atom is -0.303 e. The van der Waals surface area contributed by atoms with E-state index >= 15 is 0 Å². The van der Waals surface area contributed by atoms with Gasteiger partial charge in [-0.1, -0.05) is 11.6 Å². The minimum absolute atomic E-state index is 0.216. The Morgan fingerprint density at radius 3 is 2.74 bits per heavy atom. The summed E-state index contributed by atoms with van der Waals surface area (Å²) < 4.78 is 3.63. The predicted octanol–water partition coefficient (Wildman–Crippen LogP) is 2.65. The number of hydrogen-bond donors (Lipinski definition) is 0. The first kappa shape index (κ1) is 12.4. The van der Waals surface area contributed by atoms with E-state index in [0.717, 1.165) is 37.7 Å². The summed E-state index contributed by atoms with van der Waals surface area (Å²) in [6.07, 6.45) is 10.4. The van der Waals surface area contributed by atoms with Crippen molar-refractivity contribution in [2.45, 2.75) is 31.7 Å². The molecule has 1 fully saturated rings. The summed E-state index contributed by atoms with van der Waals surface area (Å²) in [4.78, 5) is 10.8. The third kappa shape index (κ3) is 2.42. The maximum absolute atomic E-state index is 10.8. The number of halogens is 1. The van der Waals surface area contributed by atoms with Crippen LogP contribution in [0, 0.1) is 5.92 Å². The Balaban J connectivity index is 1.80. The molecule has 0 aromatic carbocycles. The molecule has 0 bridgehead atoms. The van der Waals surface area contributed by atoms with E-state index in [9.17, 15) is 4.79 Å². The molecule has 0 aliphatic heterocycles. The van der Waals surface area contributed by atoms with Gasteiger partial charge in [0.15, 0.2) is 5.15 Å². The Hall–Kier alpha value is -1.62. The Morgan fingerprint density at radius 2 is 2.11 bits per heavy atom. The van der Waals surface area contributed by atoms with Crippen molar-refractivity contribution in [3.8, 4) is 5.69 Å². The highest BCUT2D eigenvalue weighted by molar-refractivity contribution is 6.31. The van der Waals surface area contributed by atoms with E-state index in [0.29, 0.717) is 11.2 Å². The quantitative estimate of drug-likeness (QED) is 0.811. The number of carbonyl (C=O) groups is 1. The van der Waals surface area contributed by atoms with Gasteiger partial charge in [0, 0.05) is 18.3 Å². The summed E-state index contributed by atoms with van der Waals surface area (Å²) in [5.74, 6) is 0.216. The molecule has 19 heavy (non-hydrogen) atoms. The van der Waals surface area contributed by atoms with E-state index in [1.807, 2.05) is 23.1 Å². The molecule has 1 saturated carbocycles. The van der Waals surface area contributed by atoms with E-state index in [-0.39, 0.29) is 5.92 Å². The first-order chi connectivity index (χ1) is 9.28. The standard InChI is InChI=1S/C13H15ClN4O/c14-13-12(17-7-1-6-15-17)8-18(16-13)11-4-2-10(9-19)3-5-11/h1,6-11H,2-5H2. The van der Waals surface area contributed by atoms with Crippen LogP contribution in [0.4, 0.5) is 0 Å². The molecular weight excluding hydrogens is 264 g/mol. The maximum Gasteiger partial charge on any atom is 0.176 e. The van der Waals surface area contributed by atoms with Crippen LogP contribution >= 0.6 is 11.6 Å². The summed E-state index contributed by atoms with van der Waals surface area (Å²) in [6.45, 7) is 0. The largest absolute Gasteiger partial charge is 0.303 e. The van der Waals surface area contributed by atoms with Crippen LogP contribution in [0.25, 0.3) is 5.69 Å². The Labute approximate surface area is 116 Å². The van der Waals surface area contributed by atoms with Crippen LogP contribution in [-0.2, 0) is 4.79 Å². The van der Waals surface area contributed by atoms with Gasteiger partial charge in [0.1, 0.15) is 12.0 Å². The normalized spacial score (nSPS) is 23.4. The Bertz CT molecular complexity index is 555. The monoisotopic (exact) mass is 278 g/mol. The molecular formula is C13H15ClN4O. The van der Waals surface area contributed by atoms with Gasteiger partial charge in [-0.3, -0.25) is 4.68 Å². The second-order valence-corrected chi connectivity index (χ2v) is 5.30. The molecule has 0 unspecified atom stereocenters. The molecule has 1 aliphatic carbocycles. The van der Waals surface area contributed by atoms with Gasteiger partial charge in [0.2, 0.25) is 0 Å². The van der Waals surface area contributed by atoms with E-state index in [2.05, 4.69) is 10.2 Å². The van der Waals surface area contributed by atoms with Crippen molar-refractivity contribution in [3.63, 3.8) is 0 Å². The number of aldehydes is 1. The van der Waals surface area contributed by atoms with E-state index in [4.69, 9.17) is 11.6 Å². The molecule has 2 heterocycles. The van der Waals surface area contributed by atoms with Gasteiger partial charge in [-0.15, -0.1) is 0 Å². The average Bonchev–Trinajstić information content (AvgIpc) is 3.08. The van der Waals surface area contributed by atoms with Crippen LogP contribution in [-0.4, -0.2) is 25.8 Å². The van der Waals surface area contributed by atoms with Crippen LogP contribution < -0.4 is 0 Å². The van der Waals surface area contributed by atoms with E-state index in [1.165, 1.54) is 0 Å². The molecule has 0 radical (unpaired) electrons. The fourth-order valence-electron chi connectivity index (χ4n) is 2.61. The SMILES string of the molecule is O=CC1CCC(n2cc(-n3cccn3)c(Cl)n2)CC1. The highest BCUT2D eigenvalue weighted by Crippen LogP contribution is 2.32. The van der Waals surface area contributed by atoms with Crippen LogP contribution in [0.15, 0.2) is 24.7 Å². The van der Waals surface area contributed by atoms with Crippen LogP contribution in [0.5, 0.6) is 0 Å². The van der Waals surface area contributed by atoms with Gasteiger partial charge < -0.3 is 4.79 Å². The zero-order valence-electron chi connectivity index (χ0n) is 10.4. The summed E-state index contributed by atoms with van der Waals surface area (Å²) >= 11 is 6.16. The number of aromatic nitrogens is 4. The highest BCUT2D eigenvalue weighted by atomic mass is 35.5. The van der Waals surface area contributed by atoms with Crippen molar-refractivity contribution < 1.29 is 4.79 Å². The van der Waals surface area contributed by atoms with Gasteiger partial charge in [0.05, 0.1) is 12.2 Å². The summed E-state index contributed by atoms with van der Waals surface area (Å²) in [5.41, 5.74) is 0.796. The van der Waals surface area contributed by atoms with Crippen LogP contribution in [0.3, 0.4) is 0 Å². The van der Waals surface area contributed by atoms with Gasteiger partial charge in [-0.25, -0.2) is 4.68 Å². The van der Waals surface area contributed by atoms with Gasteiger partial charge >= 0.3 is 0 Å². The van der Waals surface area contributed by atoms with Crippen LogP contribution in [0.1, 0.15) is 31.7 Å². The summed E-state index contributed by atoms with van der Waals surface area (Å²) in [5, 5.41) is 9.00. The topological polar surface area (TPSA) is 52.7 Å². The first-order valence-electron chi connectivity index (χ1n) is 6.48. The van der Waals surface area contributed by atoms with Gasteiger partial charge in [-0.05, 0) is 31.7 Å². The van der Waals surface area contributed by atoms with Crippen molar-refractivity contribution in [2.75, 3.05) is 0 Å². The van der Waals surface area contributed by atoms with Crippen molar-refractivity contribution in [1.82, 2.24) is 19.6 Å². The summed E-state index contributed by atoms with van der Waals surface area (Å²) in [7, 11) is 0. The van der Waals surface area contributed by atoms with Crippen molar-refractivity contribution >= 4 is 17.9 Å². The zero-order chi connectivity index (χ0) is 13.2. The summed E-state index contributed by atoms with van der Waals surface area (Å²) in [6, 6.07) is 2.18. The molecule has 2 aromatic rings. The lowest BCUT2D eigenvalue weighted by molar-refractivity contribution is -0.112. The van der Waals surface area contributed by atoms with Crippen molar-refractivity contribution in [3.05, 3.63) is 29.8 Å². The Kier molecular flexibility index (Phi) is 3.38. The van der Waals surface area contributed by atoms with E-state index in [1.54, 1.807) is 10.9 Å². The number of nitrogens with zero attached hydrogens (tertiary/aromatic N) is 4. The molecule has 0 amide bonds. The third-order valence-corrected chi connectivity index (χ3v) is 4.00. The van der Waals surface area contributed by atoms with Crippen LogP contribution in [0.2, 0.25) is 5.15 Å². The smallest absolute Gasteiger partial charge is 0.176 e. The third-order valence-electron chi connectivity index (χ3n) is 3.73. The number of rotatable bonds is 3. The van der Waals surface area contributed by atoms with E-state index < -0.39 is 0 Å². The second-order valence-electron chi connectivity index (χ2n) is 4.94. The van der Waals surface area contributed by atoms with Gasteiger partial charge in [0.25, 0.3) is 0 Å². The fourth-order valence-corrected chi connectivity index (χ4v) is 2.84. The molecule has 0 N–H and O–H groups in total. The minimum atomic E-state index is 0.216. The molecule has 3 rings (SSSR count). The molecule has 0 spiro atoms. The molecule has 2 aromatic heterocycles.